The van der Waals surface area contributed by atoms with Crippen molar-refractivity contribution in [1.82, 2.24) is 4.90 Å². The van der Waals surface area contributed by atoms with E-state index in [2.05, 4.69) is 11.8 Å². The number of amides is 1. The minimum atomic E-state index is -0.537. The van der Waals surface area contributed by atoms with Gasteiger partial charge in [0.2, 0.25) is 5.91 Å². The number of morpholine rings is 1. The maximum absolute atomic E-state index is 13.2. The molecule has 0 unspecified atom stereocenters. The zero-order valence-corrected chi connectivity index (χ0v) is 12.6. The highest BCUT2D eigenvalue weighted by molar-refractivity contribution is 5.79. The van der Waals surface area contributed by atoms with Crippen LogP contribution >= 0.6 is 0 Å². The Kier molecular flexibility index (Phi) is 5.31. The van der Waals surface area contributed by atoms with E-state index in [9.17, 15) is 9.18 Å². The van der Waals surface area contributed by atoms with Crippen LogP contribution in [0.4, 0.5) is 4.39 Å². The van der Waals surface area contributed by atoms with E-state index in [-0.39, 0.29) is 11.9 Å². The third-order valence-corrected chi connectivity index (χ3v) is 3.97. The zero-order valence-electron chi connectivity index (χ0n) is 12.6. The summed E-state index contributed by atoms with van der Waals surface area (Å²) in [4.78, 5) is 13.5. The zero-order chi connectivity index (χ0) is 15.4. The number of hydrogen-bond acceptors (Lipinski definition) is 3. The number of carbonyl (C=O) groups excluding carboxylic acids is 1. The van der Waals surface area contributed by atoms with Gasteiger partial charge in [0, 0.05) is 19.1 Å². The van der Waals surface area contributed by atoms with Crippen molar-refractivity contribution in [2.45, 2.75) is 44.9 Å². The average Bonchev–Trinajstić information content (AvgIpc) is 2.44. The molecule has 5 heteroatoms. The molecule has 0 radical (unpaired) electrons. The molecule has 0 bridgehead atoms. The maximum Gasteiger partial charge on any atom is 0.247 e. The Morgan fingerprint density at radius 1 is 1.52 bits per heavy atom. The summed E-state index contributed by atoms with van der Waals surface area (Å²) in [5.74, 6) is -0.613. The number of benzene rings is 1. The fourth-order valence-corrected chi connectivity index (χ4v) is 2.75. The number of ether oxygens (including phenoxy) is 1. The van der Waals surface area contributed by atoms with Crippen LogP contribution in [0.1, 0.15) is 25.8 Å². The fraction of sp³-hybridized carbons (Fsp3) is 0.562. The molecule has 1 aliphatic rings. The molecular formula is C16H23FN2O2. The Hall–Kier alpha value is -1.46. The van der Waals surface area contributed by atoms with Gasteiger partial charge in [-0.3, -0.25) is 9.69 Å². The number of hydrogen-bond donors (Lipinski definition) is 1. The minimum Gasteiger partial charge on any atom is -0.367 e. The summed E-state index contributed by atoms with van der Waals surface area (Å²) in [5, 5.41) is 0. The summed E-state index contributed by atoms with van der Waals surface area (Å²) in [7, 11) is 0. The first-order chi connectivity index (χ1) is 9.95. The van der Waals surface area contributed by atoms with Gasteiger partial charge in [-0.15, -0.1) is 0 Å². The van der Waals surface area contributed by atoms with E-state index in [0.717, 1.165) is 24.9 Å². The Morgan fingerprint density at radius 3 is 2.95 bits per heavy atom. The van der Waals surface area contributed by atoms with Crippen LogP contribution in [0, 0.1) is 5.82 Å². The van der Waals surface area contributed by atoms with E-state index in [1.807, 2.05) is 13.0 Å². The first kappa shape index (κ1) is 15.9. The van der Waals surface area contributed by atoms with Crippen LogP contribution in [0.3, 0.4) is 0 Å². The topological polar surface area (TPSA) is 55.6 Å². The monoisotopic (exact) mass is 294 g/mol. The summed E-state index contributed by atoms with van der Waals surface area (Å²) in [5.41, 5.74) is 6.34. The van der Waals surface area contributed by atoms with Crippen molar-refractivity contribution in [2.24, 2.45) is 5.73 Å². The quantitative estimate of drug-likeness (QED) is 0.899. The Bertz CT molecular complexity index is 495. The smallest absolute Gasteiger partial charge is 0.247 e. The molecule has 1 fully saturated rings. The molecule has 116 valence electrons. The molecule has 2 rings (SSSR count). The molecule has 2 N–H and O–H groups in total. The second-order valence-corrected chi connectivity index (χ2v) is 5.81. The number of halogens is 1. The van der Waals surface area contributed by atoms with Gasteiger partial charge >= 0.3 is 0 Å². The highest BCUT2D eigenvalue weighted by Gasteiger charge is 2.30. The number of nitrogens with two attached hydrogens (primary N) is 1. The third kappa shape index (κ3) is 4.51. The summed E-state index contributed by atoms with van der Waals surface area (Å²) >= 11 is 0. The van der Waals surface area contributed by atoms with Gasteiger partial charge in [-0.1, -0.05) is 12.1 Å². The van der Waals surface area contributed by atoms with Gasteiger partial charge in [-0.2, -0.15) is 0 Å². The van der Waals surface area contributed by atoms with E-state index < -0.39 is 12.0 Å². The van der Waals surface area contributed by atoms with Crippen molar-refractivity contribution < 1.29 is 13.9 Å². The molecule has 0 aromatic heterocycles. The first-order valence-corrected chi connectivity index (χ1v) is 7.39. The lowest BCUT2D eigenvalue weighted by Crippen LogP contribution is -2.54. The molecule has 1 aromatic carbocycles. The van der Waals surface area contributed by atoms with Crippen molar-refractivity contribution in [1.29, 1.82) is 0 Å². The molecule has 1 aliphatic heterocycles. The number of primary amides is 1. The van der Waals surface area contributed by atoms with Crippen LogP contribution in [-0.2, 0) is 16.0 Å². The normalized spacial score (nSPS) is 24.7. The van der Waals surface area contributed by atoms with E-state index in [0.29, 0.717) is 12.6 Å². The number of carbonyl (C=O) groups is 1. The molecule has 1 heterocycles. The lowest BCUT2D eigenvalue weighted by molar-refractivity contribution is -0.144. The van der Waals surface area contributed by atoms with Gasteiger partial charge in [0.15, 0.2) is 0 Å². The van der Waals surface area contributed by atoms with Crippen LogP contribution in [0.25, 0.3) is 0 Å². The molecule has 1 amide bonds. The van der Waals surface area contributed by atoms with E-state index in [1.165, 1.54) is 6.07 Å². The number of rotatable bonds is 5. The Labute approximate surface area is 125 Å². The molecule has 0 spiro atoms. The van der Waals surface area contributed by atoms with Crippen molar-refractivity contribution in [3.05, 3.63) is 35.6 Å². The van der Waals surface area contributed by atoms with Crippen LogP contribution in [-0.4, -0.2) is 42.1 Å². The predicted octanol–water partition coefficient (Wildman–Crippen LogP) is 1.72. The van der Waals surface area contributed by atoms with Crippen molar-refractivity contribution in [3.63, 3.8) is 0 Å². The van der Waals surface area contributed by atoms with Gasteiger partial charge in [-0.05, 0) is 44.4 Å². The lowest BCUT2D eigenvalue weighted by Gasteiger charge is -2.39. The van der Waals surface area contributed by atoms with Crippen molar-refractivity contribution >= 4 is 5.91 Å². The maximum atomic E-state index is 13.2. The molecule has 21 heavy (non-hydrogen) atoms. The lowest BCUT2D eigenvalue weighted by atomic mass is 10.0. The SMILES string of the molecule is C[C@@H]1CN([C@H](C)CCc2cccc(F)c2)C[C@@H](C(N)=O)O1. The third-order valence-electron chi connectivity index (χ3n) is 3.97. The van der Waals surface area contributed by atoms with E-state index in [4.69, 9.17) is 10.5 Å². The van der Waals surface area contributed by atoms with Crippen molar-refractivity contribution in [3.8, 4) is 0 Å². The van der Waals surface area contributed by atoms with Crippen LogP contribution < -0.4 is 5.73 Å². The molecule has 4 nitrogen and oxygen atoms in total. The van der Waals surface area contributed by atoms with Gasteiger partial charge in [0.1, 0.15) is 11.9 Å². The molecule has 1 aromatic rings. The van der Waals surface area contributed by atoms with Gasteiger partial charge < -0.3 is 10.5 Å². The minimum absolute atomic E-state index is 0.00660. The van der Waals surface area contributed by atoms with Gasteiger partial charge in [-0.25, -0.2) is 4.39 Å². The Morgan fingerprint density at radius 2 is 2.29 bits per heavy atom. The second kappa shape index (κ2) is 7.00. The average molecular weight is 294 g/mol. The second-order valence-electron chi connectivity index (χ2n) is 5.81. The Balaban J connectivity index is 1.90. The van der Waals surface area contributed by atoms with Crippen LogP contribution in [0.2, 0.25) is 0 Å². The van der Waals surface area contributed by atoms with Crippen molar-refractivity contribution in [2.75, 3.05) is 13.1 Å². The molecule has 0 saturated carbocycles. The van der Waals surface area contributed by atoms with E-state index >= 15 is 0 Å². The fourth-order valence-electron chi connectivity index (χ4n) is 2.75. The molecular weight excluding hydrogens is 271 g/mol. The summed E-state index contributed by atoms with van der Waals surface area (Å²) < 4.78 is 18.7. The van der Waals surface area contributed by atoms with E-state index in [1.54, 1.807) is 12.1 Å². The molecule has 1 saturated heterocycles. The summed E-state index contributed by atoms with van der Waals surface area (Å²) in [6.07, 6.45) is 1.17. The largest absolute Gasteiger partial charge is 0.367 e. The van der Waals surface area contributed by atoms with Gasteiger partial charge in [0.05, 0.1) is 6.10 Å². The summed E-state index contributed by atoms with van der Waals surface area (Å²) in [6.45, 7) is 5.38. The first-order valence-electron chi connectivity index (χ1n) is 7.39. The predicted molar refractivity (Wildman–Crippen MR) is 79.3 cm³/mol. The summed E-state index contributed by atoms with van der Waals surface area (Å²) in [6, 6.07) is 6.98. The standard InChI is InChI=1S/C16H23FN2O2/c1-11(6-7-13-4-3-5-14(17)8-13)19-9-12(2)21-15(10-19)16(18)20/h3-5,8,11-12,15H,6-7,9-10H2,1-2H3,(H2,18,20)/t11-,12-,15+/m1/s1. The highest BCUT2D eigenvalue weighted by Crippen LogP contribution is 2.17. The highest BCUT2D eigenvalue weighted by atomic mass is 19.1. The molecule has 3 atom stereocenters. The molecule has 0 aliphatic carbocycles. The number of aryl methyl sites for hydroxylation is 1. The number of nitrogens with zero attached hydrogens (tertiary/aromatic N) is 1. The van der Waals surface area contributed by atoms with Crippen LogP contribution in [0.15, 0.2) is 24.3 Å². The van der Waals surface area contributed by atoms with Gasteiger partial charge in [0.25, 0.3) is 0 Å². The van der Waals surface area contributed by atoms with Crippen LogP contribution in [0.5, 0.6) is 0 Å².